The lowest BCUT2D eigenvalue weighted by Gasteiger charge is -2.09. The number of thioether (sulfide) groups is 1. The molecule has 3 rings (SSSR count). The number of hydrogen-bond donors (Lipinski definition) is 1. The summed E-state index contributed by atoms with van der Waals surface area (Å²) in [7, 11) is 0. The van der Waals surface area contributed by atoms with E-state index in [4.69, 9.17) is 11.6 Å². The van der Waals surface area contributed by atoms with Crippen molar-refractivity contribution in [3.05, 3.63) is 53.3 Å². The highest BCUT2D eigenvalue weighted by molar-refractivity contribution is 8.00. The van der Waals surface area contributed by atoms with E-state index in [2.05, 4.69) is 16.4 Å². The monoisotopic (exact) mass is 248 g/mol. The van der Waals surface area contributed by atoms with Gasteiger partial charge in [-0.25, -0.2) is 0 Å². The van der Waals surface area contributed by atoms with Gasteiger partial charge < -0.3 is 5.32 Å². The largest absolute Gasteiger partial charge is 0.368 e. The average Bonchev–Trinajstić information content (AvgIpc) is 2.73. The number of hydrogen-bond acceptors (Lipinski definition) is 3. The Bertz CT molecular complexity index is 516. The fourth-order valence-corrected chi connectivity index (χ4v) is 2.98. The molecule has 0 amide bonds. The van der Waals surface area contributed by atoms with Crippen LogP contribution in [0, 0.1) is 0 Å². The molecule has 0 bridgehead atoms. The lowest BCUT2D eigenvalue weighted by molar-refractivity contribution is 1.10. The number of halogens is 1. The molecule has 0 radical (unpaired) electrons. The molecule has 0 saturated heterocycles. The van der Waals surface area contributed by atoms with Crippen LogP contribution in [0.5, 0.6) is 0 Å². The molecule has 2 heterocycles. The molecule has 1 unspecified atom stereocenters. The minimum atomic E-state index is 0.238. The van der Waals surface area contributed by atoms with E-state index in [1.54, 1.807) is 18.0 Å². The van der Waals surface area contributed by atoms with E-state index in [0.29, 0.717) is 0 Å². The van der Waals surface area contributed by atoms with Crippen LogP contribution in [0.2, 0.25) is 5.02 Å². The standard InChI is InChI=1S/C12H9ClN2S/c13-9-3-4-11-10(6-9)15-12(16-11)8-2-1-5-14-7-8/h1-7,12,15H. The molecule has 1 atom stereocenters. The summed E-state index contributed by atoms with van der Waals surface area (Å²) in [6.45, 7) is 0. The number of aromatic nitrogens is 1. The first-order chi connectivity index (χ1) is 7.83. The summed E-state index contributed by atoms with van der Waals surface area (Å²) in [4.78, 5) is 5.36. The lowest BCUT2D eigenvalue weighted by Crippen LogP contribution is -2.00. The first kappa shape index (κ1) is 10.00. The third-order valence-electron chi connectivity index (χ3n) is 2.46. The van der Waals surface area contributed by atoms with Gasteiger partial charge in [0.05, 0.1) is 5.69 Å². The second-order valence-electron chi connectivity index (χ2n) is 3.57. The SMILES string of the molecule is Clc1ccc2c(c1)NC(c1cccnc1)S2. The molecule has 1 aliphatic rings. The average molecular weight is 249 g/mol. The van der Waals surface area contributed by atoms with Gasteiger partial charge in [-0.1, -0.05) is 29.4 Å². The van der Waals surface area contributed by atoms with Crippen LogP contribution in [0.15, 0.2) is 47.6 Å². The van der Waals surface area contributed by atoms with Crippen molar-refractivity contribution >= 4 is 29.1 Å². The summed E-state index contributed by atoms with van der Waals surface area (Å²) in [6, 6.07) is 9.95. The number of nitrogens with zero attached hydrogens (tertiary/aromatic N) is 1. The predicted octanol–water partition coefficient (Wildman–Crippen LogP) is 3.95. The molecule has 1 aliphatic heterocycles. The highest BCUT2D eigenvalue weighted by Crippen LogP contribution is 2.46. The fraction of sp³-hybridized carbons (Fsp3) is 0.0833. The maximum Gasteiger partial charge on any atom is 0.104 e. The molecule has 80 valence electrons. The van der Waals surface area contributed by atoms with Crippen LogP contribution in [0.1, 0.15) is 10.9 Å². The van der Waals surface area contributed by atoms with Crippen molar-refractivity contribution in [3.63, 3.8) is 0 Å². The summed E-state index contributed by atoms with van der Waals surface area (Å²) >= 11 is 7.74. The van der Waals surface area contributed by atoms with Crippen LogP contribution in [0.3, 0.4) is 0 Å². The molecule has 2 aromatic rings. The second kappa shape index (κ2) is 4.00. The van der Waals surface area contributed by atoms with Crippen molar-refractivity contribution in [2.45, 2.75) is 10.3 Å². The number of rotatable bonds is 1. The van der Waals surface area contributed by atoms with E-state index in [9.17, 15) is 0 Å². The summed E-state index contributed by atoms with van der Waals surface area (Å²) in [6.07, 6.45) is 3.67. The summed E-state index contributed by atoms with van der Waals surface area (Å²) in [5.41, 5.74) is 2.28. The first-order valence-corrected chi connectivity index (χ1v) is 6.21. The maximum absolute atomic E-state index is 5.96. The van der Waals surface area contributed by atoms with E-state index in [-0.39, 0.29) is 5.37 Å². The Hall–Kier alpha value is -1.19. The van der Waals surface area contributed by atoms with Crippen molar-refractivity contribution < 1.29 is 0 Å². The van der Waals surface area contributed by atoms with Gasteiger partial charge in [-0.05, 0) is 24.3 Å². The van der Waals surface area contributed by atoms with E-state index in [1.807, 2.05) is 30.5 Å². The fourth-order valence-electron chi connectivity index (χ4n) is 1.70. The van der Waals surface area contributed by atoms with Gasteiger partial charge in [0, 0.05) is 27.9 Å². The Morgan fingerprint density at radius 3 is 3.06 bits per heavy atom. The Morgan fingerprint density at radius 1 is 1.31 bits per heavy atom. The molecule has 0 saturated carbocycles. The first-order valence-electron chi connectivity index (χ1n) is 4.95. The molecule has 1 N–H and O–H groups in total. The van der Waals surface area contributed by atoms with Gasteiger partial charge in [-0.3, -0.25) is 4.98 Å². The van der Waals surface area contributed by atoms with Crippen molar-refractivity contribution in [2.24, 2.45) is 0 Å². The Labute approximate surface area is 103 Å². The van der Waals surface area contributed by atoms with Crippen LogP contribution in [-0.4, -0.2) is 4.98 Å². The van der Waals surface area contributed by atoms with Crippen molar-refractivity contribution in [1.82, 2.24) is 4.98 Å². The van der Waals surface area contributed by atoms with E-state index < -0.39 is 0 Å². The number of benzene rings is 1. The molecule has 2 nitrogen and oxygen atoms in total. The minimum absolute atomic E-state index is 0.238. The van der Waals surface area contributed by atoms with Gasteiger partial charge in [-0.2, -0.15) is 0 Å². The molecule has 4 heteroatoms. The Balaban J connectivity index is 1.91. The zero-order chi connectivity index (χ0) is 11.0. The molecular formula is C12H9ClN2S. The highest BCUT2D eigenvalue weighted by Gasteiger charge is 2.22. The maximum atomic E-state index is 5.96. The normalized spacial score (nSPS) is 17.9. The number of fused-ring (bicyclic) bond motifs is 1. The van der Waals surface area contributed by atoms with Crippen molar-refractivity contribution in [1.29, 1.82) is 0 Å². The third kappa shape index (κ3) is 1.77. The summed E-state index contributed by atoms with van der Waals surface area (Å²) in [5, 5.41) is 4.43. The number of pyridine rings is 1. The van der Waals surface area contributed by atoms with Crippen molar-refractivity contribution in [2.75, 3.05) is 5.32 Å². The smallest absolute Gasteiger partial charge is 0.104 e. The van der Waals surface area contributed by atoms with Gasteiger partial charge in [0.25, 0.3) is 0 Å². The highest BCUT2D eigenvalue weighted by atomic mass is 35.5. The Morgan fingerprint density at radius 2 is 2.25 bits per heavy atom. The van der Waals surface area contributed by atoms with E-state index in [1.165, 1.54) is 10.5 Å². The van der Waals surface area contributed by atoms with Crippen LogP contribution in [-0.2, 0) is 0 Å². The van der Waals surface area contributed by atoms with Crippen molar-refractivity contribution in [3.8, 4) is 0 Å². The zero-order valence-corrected chi connectivity index (χ0v) is 9.92. The third-order valence-corrected chi connectivity index (χ3v) is 3.93. The van der Waals surface area contributed by atoms with E-state index in [0.717, 1.165) is 10.7 Å². The number of anilines is 1. The van der Waals surface area contributed by atoms with Gasteiger partial charge in [0.1, 0.15) is 5.37 Å². The van der Waals surface area contributed by atoms with Crippen LogP contribution in [0.25, 0.3) is 0 Å². The number of nitrogens with one attached hydrogen (secondary N) is 1. The van der Waals surface area contributed by atoms with Crippen LogP contribution >= 0.6 is 23.4 Å². The van der Waals surface area contributed by atoms with E-state index >= 15 is 0 Å². The predicted molar refractivity (Wildman–Crippen MR) is 67.9 cm³/mol. The van der Waals surface area contributed by atoms with Crippen LogP contribution < -0.4 is 5.32 Å². The quantitative estimate of drug-likeness (QED) is 0.827. The molecule has 0 spiro atoms. The molecule has 1 aromatic carbocycles. The minimum Gasteiger partial charge on any atom is -0.368 e. The molecule has 0 fully saturated rings. The molecule has 16 heavy (non-hydrogen) atoms. The molecule has 0 aliphatic carbocycles. The van der Waals surface area contributed by atoms with Gasteiger partial charge in [0.2, 0.25) is 0 Å². The van der Waals surface area contributed by atoms with Crippen LogP contribution in [0.4, 0.5) is 5.69 Å². The molecular weight excluding hydrogens is 240 g/mol. The lowest BCUT2D eigenvalue weighted by atomic mass is 10.2. The van der Waals surface area contributed by atoms with Gasteiger partial charge in [-0.15, -0.1) is 0 Å². The summed E-state index contributed by atoms with van der Waals surface area (Å²) in [5.74, 6) is 0. The second-order valence-corrected chi connectivity index (χ2v) is 5.15. The topological polar surface area (TPSA) is 24.9 Å². The molecule has 1 aromatic heterocycles. The van der Waals surface area contributed by atoms with Gasteiger partial charge >= 0.3 is 0 Å². The zero-order valence-electron chi connectivity index (χ0n) is 8.35. The van der Waals surface area contributed by atoms with Gasteiger partial charge in [0.15, 0.2) is 0 Å². The summed E-state index contributed by atoms with van der Waals surface area (Å²) < 4.78 is 0. The Kier molecular flexibility index (Phi) is 2.50.